The lowest BCUT2D eigenvalue weighted by molar-refractivity contribution is -0.0779. The summed E-state index contributed by atoms with van der Waals surface area (Å²) in [5, 5.41) is 9.93. The van der Waals surface area contributed by atoms with Gasteiger partial charge in [-0.25, -0.2) is 4.99 Å². The van der Waals surface area contributed by atoms with Gasteiger partial charge in [-0.3, -0.25) is 0 Å². The van der Waals surface area contributed by atoms with E-state index >= 15 is 0 Å². The highest BCUT2D eigenvalue weighted by molar-refractivity contribution is 6.31. The van der Waals surface area contributed by atoms with E-state index in [1.165, 1.54) is 11.1 Å². The van der Waals surface area contributed by atoms with Crippen molar-refractivity contribution >= 4 is 17.6 Å². The summed E-state index contributed by atoms with van der Waals surface area (Å²) in [6, 6.07) is 14.5. The van der Waals surface area contributed by atoms with Crippen molar-refractivity contribution in [2.45, 2.75) is 44.8 Å². The Kier molecular flexibility index (Phi) is 5.00. The molecular weight excluding hydrogens is 422 g/mol. The molecule has 2 aromatic carbocycles. The zero-order chi connectivity index (χ0) is 22.7. The molecule has 1 unspecified atom stereocenters. The third kappa shape index (κ3) is 3.04. The summed E-state index contributed by atoms with van der Waals surface area (Å²) in [7, 11) is 1.82. The van der Waals surface area contributed by atoms with Gasteiger partial charge in [0.1, 0.15) is 12.1 Å². The van der Waals surface area contributed by atoms with Crippen LogP contribution in [0.25, 0.3) is 11.1 Å². The van der Waals surface area contributed by atoms with Gasteiger partial charge in [-0.15, -0.1) is 0 Å². The second-order valence-corrected chi connectivity index (χ2v) is 10.3. The van der Waals surface area contributed by atoms with E-state index < -0.39 is 5.54 Å². The van der Waals surface area contributed by atoms with Crippen molar-refractivity contribution in [2.75, 3.05) is 13.7 Å². The predicted molar refractivity (Wildman–Crippen MR) is 125 cm³/mol. The van der Waals surface area contributed by atoms with Crippen LogP contribution in [0.15, 0.2) is 41.4 Å². The van der Waals surface area contributed by atoms with Gasteiger partial charge >= 0.3 is 0 Å². The van der Waals surface area contributed by atoms with E-state index in [1.54, 1.807) is 6.07 Å². The Morgan fingerprint density at radius 2 is 1.91 bits per heavy atom. The zero-order valence-corrected chi connectivity index (χ0v) is 19.4. The largest absolute Gasteiger partial charge is 0.462 e. The van der Waals surface area contributed by atoms with Gasteiger partial charge in [-0.1, -0.05) is 37.6 Å². The molecule has 166 valence electrons. The molecule has 1 fully saturated rings. The molecular formula is C26H28ClN3O2. The van der Waals surface area contributed by atoms with Crippen LogP contribution < -0.4 is 5.73 Å². The van der Waals surface area contributed by atoms with Crippen LogP contribution in [0.4, 0.5) is 0 Å². The summed E-state index contributed by atoms with van der Waals surface area (Å²) in [5.41, 5.74) is 10.5. The van der Waals surface area contributed by atoms with Gasteiger partial charge < -0.3 is 15.2 Å². The summed E-state index contributed by atoms with van der Waals surface area (Å²) >= 11 is 6.29. The van der Waals surface area contributed by atoms with E-state index in [-0.39, 0.29) is 17.5 Å². The minimum Gasteiger partial charge on any atom is -0.462 e. The minimum absolute atomic E-state index is 0.0604. The molecule has 0 radical (unpaired) electrons. The fourth-order valence-electron chi connectivity index (χ4n) is 6.81. The van der Waals surface area contributed by atoms with Gasteiger partial charge in [0, 0.05) is 17.5 Å². The minimum atomic E-state index is -0.500. The second kappa shape index (κ2) is 7.50. The third-order valence-corrected chi connectivity index (χ3v) is 8.09. The summed E-state index contributed by atoms with van der Waals surface area (Å²) in [4.78, 5) is 5.00. The van der Waals surface area contributed by atoms with Crippen LogP contribution in [0.2, 0.25) is 5.02 Å². The Balaban J connectivity index is 1.64. The lowest BCUT2D eigenvalue weighted by Crippen LogP contribution is -2.51. The van der Waals surface area contributed by atoms with Crippen LogP contribution in [-0.4, -0.2) is 25.8 Å². The quantitative estimate of drug-likeness (QED) is 0.696. The molecule has 1 saturated carbocycles. The van der Waals surface area contributed by atoms with Crippen LogP contribution in [0.1, 0.15) is 43.4 Å². The Morgan fingerprint density at radius 3 is 2.53 bits per heavy atom. The van der Waals surface area contributed by atoms with E-state index in [4.69, 9.17) is 31.8 Å². The van der Waals surface area contributed by atoms with Gasteiger partial charge in [0.2, 0.25) is 0 Å². The van der Waals surface area contributed by atoms with E-state index in [1.807, 2.05) is 19.2 Å². The van der Waals surface area contributed by atoms with Crippen LogP contribution in [-0.2, 0) is 21.4 Å². The summed E-state index contributed by atoms with van der Waals surface area (Å²) < 4.78 is 11.7. The molecule has 2 spiro atoms. The standard InChI is InChI=1S/C26H28ClN3O2/c1-15-10-25(11-16(2)23(15)31-3)12-19-5-4-18(20-6-17(13-28)7-21(27)8-20)9-22(19)26(25)14-32-24(29)30-26/h4-9,15-16,23H,10-12,14H2,1-3H3,(H2,29,30)/t15-,16+,23+,25+,26?. The number of hydrogen-bond acceptors (Lipinski definition) is 5. The number of nitrogens with zero attached hydrogens (tertiary/aromatic N) is 2. The number of nitriles is 1. The summed E-state index contributed by atoms with van der Waals surface area (Å²) in [6.45, 7) is 5.03. The van der Waals surface area contributed by atoms with E-state index in [2.05, 4.69) is 38.1 Å². The summed E-state index contributed by atoms with van der Waals surface area (Å²) in [5.74, 6) is 0.829. The maximum Gasteiger partial charge on any atom is 0.283 e. The number of benzene rings is 2. The first-order valence-corrected chi connectivity index (χ1v) is 11.5. The number of nitrogens with two attached hydrogens (primary N) is 1. The molecule has 0 bridgehead atoms. The molecule has 0 amide bonds. The van der Waals surface area contributed by atoms with Crippen LogP contribution in [0, 0.1) is 28.6 Å². The third-order valence-electron chi connectivity index (χ3n) is 7.87. The molecule has 0 aromatic heterocycles. The smallest absolute Gasteiger partial charge is 0.283 e. The Bertz CT molecular complexity index is 1140. The predicted octanol–water partition coefficient (Wildman–Crippen LogP) is 5.04. The number of rotatable bonds is 2. The number of aliphatic imine (C=N–C) groups is 1. The van der Waals surface area contributed by atoms with Crippen molar-refractivity contribution in [3.05, 3.63) is 58.1 Å². The Hall–Kier alpha value is -2.55. The number of fused-ring (bicyclic) bond motifs is 3. The first-order valence-electron chi connectivity index (χ1n) is 11.2. The SMILES string of the molecule is CO[C@H]1[C@H](C)C[C@@]2(Cc3ccc(-c4cc(Cl)cc(C#N)c4)cc3C23COC(N)=N3)C[C@@H]1C. The zero-order valence-electron chi connectivity index (χ0n) is 18.7. The first-order chi connectivity index (χ1) is 15.3. The molecule has 1 aliphatic heterocycles. The van der Waals surface area contributed by atoms with Crippen LogP contribution in [0.5, 0.6) is 0 Å². The van der Waals surface area contributed by atoms with Gasteiger partial charge in [-0.2, -0.15) is 5.26 Å². The average Bonchev–Trinajstić information content (AvgIpc) is 3.26. The highest BCUT2D eigenvalue weighted by Crippen LogP contribution is 2.63. The van der Waals surface area contributed by atoms with Crippen molar-refractivity contribution in [1.82, 2.24) is 0 Å². The monoisotopic (exact) mass is 449 g/mol. The molecule has 2 N–H and O–H groups in total. The molecule has 6 heteroatoms. The molecule has 32 heavy (non-hydrogen) atoms. The van der Waals surface area contributed by atoms with Crippen molar-refractivity contribution in [1.29, 1.82) is 5.26 Å². The number of methoxy groups -OCH3 is 1. The van der Waals surface area contributed by atoms with Crippen LogP contribution in [0.3, 0.4) is 0 Å². The molecule has 2 aromatic rings. The molecule has 1 heterocycles. The Labute approximate surface area is 194 Å². The lowest BCUT2D eigenvalue weighted by Gasteiger charge is -2.50. The average molecular weight is 450 g/mol. The van der Waals surface area contributed by atoms with E-state index in [0.29, 0.717) is 29.0 Å². The van der Waals surface area contributed by atoms with E-state index in [9.17, 15) is 5.26 Å². The Morgan fingerprint density at radius 1 is 1.16 bits per heavy atom. The number of ether oxygens (including phenoxy) is 2. The highest BCUT2D eigenvalue weighted by Gasteiger charge is 2.63. The van der Waals surface area contributed by atoms with E-state index in [0.717, 1.165) is 30.4 Å². The topological polar surface area (TPSA) is 80.6 Å². The maximum absolute atomic E-state index is 9.38. The second-order valence-electron chi connectivity index (χ2n) is 9.83. The van der Waals surface area contributed by atoms with Gasteiger partial charge in [0.15, 0.2) is 0 Å². The highest BCUT2D eigenvalue weighted by atomic mass is 35.5. The molecule has 2 aliphatic carbocycles. The van der Waals surface area contributed by atoms with Crippen molar-refractivity contribution in [2.24, 2.45) is 28.0 Å². The van der Waals surface area contributed by atoms with Crippen LogP contribution >= 0.6 is 11.6 Å². The van der Waals surface area contributed by atoms with Gasteiger partial charge in [0.05, 0.1) is 17.7 Å². The van der Waals surface area contributed by atoms with Gasteiger partial charge in [0.25, 0.3) is 6.02 Å². The summed E-state index contributed by atoms with van der Waals surface area (Å²) in [6.07, 6.45) is 3.22. The molecule has 5 atom stereocenters. The number of hydrogen-bond donors (Lipinski definition) is 1. The van der Waals surface area contributed by atoms with Crippen molar-refractivity contribution < 1.29 is 9.47 Å². The maximum atomic E-state index is 9.38. The molecule has 0 saturated heterocycles. The first kappa shape index (κ1) is 21.3. The van der Waals surface area contributed by atoms with Crippen molar-refractivity contribution in [3.63, 3.8) is 0 Å². The van der Waals surface area contributed by atoms with Crippen molar-refractivity contribution in [3.8, 4) is 17.2 Å². The normalized spacial score (nSPS) is 33.1. The fourth-order valence-corrected chi connectivity index (χ4v) is 7.04. The lowest BCUT2D eigenvalue weighted by atomic mass is 9.57. The number of halogens is 1. The number of amidine groups is 1. The molecule has 5 rings (SSSR count). The molecule has 5 nitrogen and oxygen atoms in total. The fraction of sp³-hybridized carbons (Fsp3) is 0.462. The molecule has 3 aliphatic rings. The van der Waals surface area contributed by atoms with Gasteiger partial charge in [-0.05, 0) is 77.6 Å².